The van der Waals surface area contributed by atoms with Gasteiger partial charge in [-0.25, -0.2) is 0 Å². The first kappa shape index (κ1) is 12.3. The molecule has 0 spiro atoms. The van der Waals surface area contributed by atoms with Crippen LogP contribution in [-0.2, 0) is 0 Å². The van der Waals surface area contributed by atoms with Gasteiger partial charge in [-0.2, -0.15) is 0 Å². The van der Waals surface area contributed by atoms with E-state index in [1.54, 1.807) is 0 Å². The van der Waals surface area contributed by atoms with Crippen molar-refractivity contribution < 1.29 is 0 Å². The Labute approximate surface area is 93.9 Å². The Hall–Kier alpha value is -0.820. The molecule has 0 amide bonds. The summed E-state index contributed by atoms with van der Waals surface area (Å²) in [5.41, 5.74) is 2.83. The van der Waals surface area contributed by atoms with E-state index >= 15 is 0 Å². The number of hydrogen-bond donors (Lipinski definition) is 1. The number of aryl methyl sites for hydroxylation is 1. The molecular weight excluding hydrogens is 182 g/mol. The Morgan fingerprint density at radius 3 is 2.73 bits per heavy atom. The molecule has 1 rings (SSSR count). The zero-order valence-electron chi connectivity index (χ0n) is 10.2. The largest absolute Gasteiger partial charge is 0.317 e. The van der Waals surface area contributed by atoms with E-state index < -0.39 is 0 Å². The predicted octanol–water partition coefficient (Wildman–Crippen LogP) is 3.49. The fourth-order valence-corrected chi connectivity index (χ4v) is 1.76. The summed E-state index contributed by atoms with van der Waals surface area (Å²) in [6.45, 7) is 8.94. The van der Waals surface area contributed by atoms with Gasteiger partial charge in [0.25, 0.3) is 0 Å². The van der Waals surface area contributed by atoms with Gasteiger partial charge in [-0.15, -0.1) is 0 Å². The van der Waals surface area contributed by atoms with Crippen molar-refractivity contribution in [2.24, 2.45) is 0 Å². The lowest BCUT2D eigenvalue weighted by molar-refractivity contribution is 0.590. The van der Waals surface area contributed by atoms with Crippen molar-refractivity contribution in [3.05, 3.63) is 35.4 Å². The highest BCUT2D eigenvalue weighted by atomic mass is 14.8. The minimum Gasteiger partial charge on any atom is -0.317 e. The molecule has 0 aliphatic rings. The summed E-state index contributed by atoms with van der Waals surface area (Å²) >= 11 is 0. The molecule has 0 heterocycles. The lowest BCUT2D eigenvalue weighted by Gasteiger charge is -2.12. The summed E-state index contributed by atoms with van der Waals surface area (Å²) in [4.78, 5) is 0. The lowest BCUT2D eigenvalue weighted by atomic mass is 9.96. The smallest absolute Gasteiger partial charge is 0.00432 e. The molecule has 1 unspecified atom stereocenters. The third kappa shape index (κ3) is 4.48. The van der Waals surface area contributed by atoms with Gasteiger partial charge in [-0.05, 0) is 44.3 Å². The first-order valence-corrected chi connectivity index (χ1v) is 6.01. The minimum absolute atomic E-state index is 0.661. The van der Waals surface area contributed by atoms with E-state index in [1.807, 2.05) is 0 Å². The molecule has 15 heavy (non-hydrogen) atoms. The van der Waals surface area contributed by atoms with Gasteiger partial charge in [0.1, 0.15) is 0 Å². The molecule has 84 valence electrons. The zero-order chi connectivity index (χ0) is 11.1. The van der Waals surface area contributed by atoms with Crippen molar-refractivity contribution in [1.82, 2.24) is 5.32 Å². The summed E-state index contributed by atoms with van der Waals surface area (Å²) < 4.78 is 0. The highest BCUT2D eigenvalue weighted by Gasteiger charge is 2.04. The second-order valence-corrected chi connectivity index (χ2v) is 4.35. The number of hydrogen-bond acceptors (Lipinski definition) is 1. The fourth-order valence-electron chi connectivity index (χ4n) is 1.76. The highest BCUT2D eigenvalue weighted by molar-refractivity contribution is 5.24. The van der Waals surface area contributed by atoms with Crippen LogP contribution in [0.2, 0.25) is 0 Å². The maximum atomic E-state index is 3.45. The summed E-state index contributed by atoms with van der Waals surface area (Å²) in [6.07, 6.45) is 2.45. The molecule has 0 saturated heterocycles. The van der Waals surface area contributed by atoms with E-state index in [1.165, 1.54) is 24.0 Å². The second kappa shape index (κ2) is 6.62. The first-order valence-electron chi connectivity index (χ1n) is 6.01. The molecule has 1 aromatic carbocycles. The SMILES string of the molecule is CCCNCCC(C)c1cccc(C)c1. The van der Waals surface area contributed by atoms with Crippen molar-refractivity contribution in [1.29, 1.82) is 0 Å². The van der Waals surface area contributed by atoms with Gasteiger partial charge in [0.15, 0.2) is 0 Å². The normalized spacial score (nSPS) is 12.7. The van der Waals surface area contributed by atoms with E-state index in [0.29, 0.717) is 5.92 Å². The van der Waals surface area contributed by atoms with Gasteiger partial charge in [0.2, 0.25) is 0 Å². The van der Waals surface area contributed by atoms with Gasteiger partial charge in [-0.3, -0.25) is 0 Å². The topological polar surface area (TPSA) is 12.0 Å². The molecule has 1 aromatic rings. The summed E-state index contributed by atoms with van der Waals surface area (Å²) in [7, 11) is 0. The van der Waals surface area contributed by atoms with Gasteiger partial charge >= 0.3 is 0 Å². The molecular formula is C14H23N. The Morgan fingerprint density at radius 2 is 2.07 bits per heavy atom. The van der Waals surface area contributed by atoms with Crippen LogP contribution in [0.3, 0.4) is 0 Å². The van der Waals surface area contributed by atoms with Gasteiger partial charge in [-0.1, -0.05) is 43.7 Å². The molecule has 0 bridgehead atoms. The van der Waals surface area contributed by atoms with Crippen LogP contribution in [0.5, 0.6) is 0 Å². The monoisotopic (exact) mass is 205 g/mol. The highest BCUT2D eigenvalue weighted by Crippen LogP contribution is 2.19. The van der Waals surface area contributed by atoms with Crippen LogP contribution in [0.4, 0.5) is 0 Å². The summed E-state index contributed by atoms with van der Waals surface area (Å²) in [6, 6.07) is 8.84. The van der Waals surface area contributed by atoms with Crippen molar-refractivity contribution in [3.63, 3.8) is 0 Å². The van der Waals surface area contributed by atoms with Gasteiger partial charge in [0.05, 0.1) is 0 Å². The molecule has 1 heteroatoms. The molecule has 1 atom stereocenters. The Kier molecular flexibility index (Phi) is 5.41. The molecule has 0 aliphatic heterocycles. The third-order valence-corrected chi connectivity index (χ3v) is 2.79. The van der Waals surface area contributed by atoms with Crippen LogP contribution in [0.25, 0.3) is 0 Å². The molecule has 1 N–H and O–H groups in total. The van der Waals surface area contributed by atoms with E-state index in [9.17, 15) is 0 Å². The fraction of sp³-hybridized carbons (Fsp3) is 0.571. The van der Waals surface area contributed by atoms with Gasteiger partial charge in [0, 0.05) is 0 Å². The van der Waals surface area contributed by atoms with Crippen LogP contribution >= 0.6 is 0 Å². The van der Waals surface area contributed by atoms with Crippen molar-refractivity contribution in [3.8, 4) is 0 Å². The Balaban J connectivity index is 2.36. The maximum Gasteiger partial charge on any atom is -0.00432 e. The average Bonchev–Trinajstić information content (AvgIpc) is 2.24. The zero-order valence-corrected chi connectivity index (χ0v) is 10.2. The number of benzene rings is 1. The molecule has 0 aliphatic carbocycles. The molecule has 0 radical (unpaired) electrons. The van der Waals surface area contributed by atoms with Crippen LogP contribution in [-0.4, -0.2) is 13.1 Å². The second-order valence-electron chi connectivity index (χ2n) is 4.35. The standard InChI is InChI=1S/C14H23N/c1-4-9-15-10-8-13(3)14-7-5-6-12(2)11-14/h5-7,11,13,15H,4,8-10H2,1-3H3. The lowest BCUT2D eigenvalue weighted by Crippen LogP contribution is -2.17. The number of nitrogens with one attached hydrogen (secondary N) is 1. The van der Waals surface area contributed by atoms with Crippen LogP contribution < -0.4 is 5.32 Å². The Bertz CT molecular complexity index is 280. The van der Waals surface area contributed by atoms with Crippen molar-refractivity contribution >= 4 is 0 Å². The van der Waals surface area contributed by atoms with E-state index in [4.69, 9.17) is 0 Å². The van der Waals surface area contributed by atoms with Gasteiger partial charge < -0.3 is 5.32 Å². The first-order chi connectivity index (χ1) is 7.24. The van der Waals surface area contributed by atoms with E-state index in [2.05, 4.69) is 50.4 Å². The molecule has 0 aromatic heterocycles. The predicted molar refractivity (Wildman–Crippen MR) is 67.4 cm³/mol. The average molecular weight is 205 g/mol. The Morgan fingerprint density at radius 1 is 1.27 bits per heavy atom. The molecule has 0 saturated carbocycles. The summed E-state index contributed by atoms with van der Waals surface area (Å²) in [5, 5.41) is 3.45. The van der Waals surface area contributed by atoms with E-state index in [0.717, 1.165) is 13.1 Å². The van der Waals surface area contributed by atoms with Crippen molar-refractivity contribution in [2.75, 3.05) is 13.1 Å². The molecule has 1 nitrogen and oxygen atoms in total. The quantitative estimate of drug-likeness (QED) is 0.701. The maximum absolute atomic E-state index is 3.45. The minimum atomic E-state index is 0.661. The third-order valence-electron chi connectivity index (χ3n) is 2.79. The summed E-state index contributed by atoms with van der Waals surface area (Å²) in [5.74, 6) is 0.661. The van der Waals surface area contributed by atoms with Crippen molar-refractivity contribution in [2.45, 2.75) is 39.5 Å². The van der Waals surface area contributed by atoms with E-state index in [-0.39, 0.29) is 0 Å². The van der Waals surface area contributed by atoms with Crippen LogP contribution in [0, 0.1) is 6.92 Å². The van der Waals surface area contributed by atoms with Crippen LogP contribution in [0.15, 0.2) is 24.3 Å². The number of rotatable bonds is 6. The molecule has 0 fully saturated rings. The van der Waals surface area contributed by atoms with Crippen LogP contribution in [0.1, 0.15) is 43.7 Å².